The van der Waals surface area contributed by atoms with Crippen molar-refractivity contribution in [2.75, 3.05) is 13.1 Å². The Bertz CT molecular complexity index is 1410. The van der Waals surface area contributed by atoms with Crippen LogP contribution in [0.25, 0.3) is 10.8 Å². The normalized spacial score (nSPS) is 47.9. The zero-order valence-corrected chi connectivity index (χ0v) is 21.7. The molecular formula is C32H37N3O2. The minimum atomic E-state index is -0.507. The van der Waals surface area contributed by atoms with Gasteiger partial charge in [-0.3, -0.25) is 9.88 Å². The number of aromatic nitrogens is 1. The number of pyridine rings is 1. The van der Waals surface area contributed by atoms with Gasteiger partial charge in [-0.15, -0.1) is 0 Å². The molecule has 5 nitrogen and oxygen atoms in total. The monoisotopic (exact) mass is 495 g/mol. The summed E-state index contributed by atoms with van der Waals surface area (Å²) in [5.74, 6) is 1.21. The highest BCUT2D eigenvalue weighted by Crippen LogP contribution is 2.80. The van der Waals surface area contributed by atoms with Crippen molar-refractivity contribution in [2.45, 2.75) is 86.7 Å². The van der Waals surface area contributed by atoms with E-state index >= 15 is 0 Å². The van der Waals surface area contributed by atoms with Crippen molar-refractivity contribution in [1.82, 2.24) is 9.88 Å². The number of fused-ring (bicyclic) bond motifs is 4. The molecule has 4 aliphatic carbocycles. The fourth-order valence-electron chi connectivity index (χ4n) is 10.6. The number of aliphatic hydroxyl groups is 1. The minimum Gasteiger partial charge on any atom is -0.388 e. The standard InChI is InChI=1S/C32H37N3O2/c1-29-8-6-23-13-22-4-5-26(35-17-25(33)18-35)28(36)32(22)10-9-31(23,37-32)27(29)14-24-15-30(24,29)21-3-2-19-7-11-34-16-20(19)12-21/h2-3,6-7,11-13,16,24-28,36H,4-5,8-10,14-15,17-18,33H2,1H3/t24-,26+,27+,28+,29-,30-,31?,32-/m0/s1. The van der Waals surface area contributed by atoms with Gasteiger partial charge in [-0.05, 0) is 96.4 Å². The van der Waals surface area contributed by atoms with E-state index in [1.165, 1.54) is 40.3 Å². The molecule has 0 amide bonds. The van der Waals surface area contributed by atoms with Crippen LogP contribution in [0.4, 0.5) is 0 Å². The summed E-state index contributed by atoms with van der Waals surface area (Å²) in [5.41, 5.74) is 10.0. The van der Waals surface area contributed by atoms with Crippen LogP contribution in [0, 0.1) is 17.3 Å². The van der Waals surface area contributed by atoms with Gasteiger partial charge in [0.05, 0.1) is 5.60 Å². The van der Waals surface area contributed by atoms with Crippen LogP contribution in [-0.2, 0) is 10.2 Å². The highest BCUT2D eigenvalue weighted by atomic mass is 16.5. The lowest BCUT2D eigenvalue weighted by Crippen LogP contribution is -2.68. The first-order chi connectivity index (χ1) is 17.9. The van der Waals surface area contributed by atoms with Crippen LogP contribution >= 0.6 is 0 Å². The molecule has 3 N–H and O–H groups in total. The van der Waals surface area contributed by atoms with Gasteiger partial charge in [0.25, 0.3) is 0 Å². The summed E-state index contributed by atoms with van der Waals surface area (Å²) in [6.07, 6.45) is 16.1. The summed E-state index contributed by atoms with van der Waals surface area (Å²) in [7, 11) is 0. The number of rotatable bonds is 2. The Kier molecular flexibility index (Phi) is 3.98. The second kappa shape index (κ2) is 6.74. The maximum Gasteiger partial charge on any atom is 0.118 e. The topological polar surface area (TPSA) is 71.6 Å². The van der Waals surface area contributed by atoms with Gasteiger partial charge < -0.3 is 15.6 Å². The Morgan fingerprint density at radius 1 is 1.14 bits per heavy atom. The maximum absolute atomic E-state index is 11.9. The molecule has 2 saturated heterocycles. The van der Waals surface area contributed by atoms with Gasteiger partial charge >= 0.3 is 0 Å². The summed E-state index contributed by atoms with van der Waals surface area (Å²) in [6, 6.07) is 9.66. The van der Waals surface area contributed by atoms with Gasteiger partial charge in [0, 0.05) is 48.4 Å². The van der Waals surface area contributed by atoms with E-state index in [4.69, 9.17) is 10.5 Å². The van der Waals surface area contributed by atoms with E-state index in [2.05, 4.69) is 53.2 Å². The minimum absolute atomic E-state index is 0.164. The van der Waals surface area contributed by atoms with Gasteiger partial charge in [0.15, 0.2) is 0 Å². The molecule has 37 heavy (non-hydrogen) atoms. The van der Waals surface area contributed by atoms with Crippen LogP contribution in [-0.4, -0.2) is 57.5 Å². The Morgan fingerprint density at radius 3 is 2.86 bits per heavy atom. The SMILES string of the molecule is C[C@]12CC=C3C=C4CC[C@@H](N5CC(N)C5)[C@@H](O)[C@]45CCC3(O5)[C@@H]1C[C@H]1C[C@]12c1ccc2ccncc2c1. The van der Waals surface area contributed by atoms with Crippen molar-refractivity contribution < 1.29 is 9.84 Å². The molecule has 0 radical (unpaired) electrons. The van der Waals surface area contributed by atoms with E-state index in [0.29, 0.717) is 5.92 Å². The molecule has 7 aliphatic rings. The number of hydrogen-bond acceptors (Lipinski definition) is 5. The Labute approximate surface area is 218 Å². The van der Waals surface area contributed by atoms with Crippen molar-refractivity contribution in [1.29, 1.82) is 0 Å². The molecule has 2 spiro atoms. The number of nitrogens with two attached hydrogens (primary N) is 1. The number of benzene rings is 1. The molecule has 2 aromatic rings. The second-order valence-corrected chi connectivity index (χ2v) is 13.7. The lowest BCUT2D eigenvalue weighted by Gasteiger charge is -2.58. The van der Waals surface area contributed by atoms with Gasteiger partial charge in [0.2, 0.25) is 0 Å². The van der Waals surface area contributed by atoms with Crippen LogP contribution in [0.15, 0.2) is 60.0 Å². The number of hydrogen-bond donors (Lipinski definition) is 2. The van der Waals surface area contributed by atoms with Crippen molar-refractivity contribution >= 4 is 10.8 Å². The number of likely N-dealkylation sites (tertiary alicyclic amines) is 1. The van der Waals surface area contributed by atoms with Crippen molar-refractivity contribution in [3.63, 3.8) is 0 Å². The lowest BCUT2D eigenvalue weighted by atomic mass is 9.55. The molecule has 5 fully saturated rings. The molecule has 1 aromatic heterocycles. The Morgan fingerprint density at radius 2 is 2.00 bits per heavy atom. The maximum atomic E-state index is 11.9. The average Bonchev–Trinajstić information content (AvgIpc) is 3.46. The van der Waals surface area contributed by atoms with Gasteiger partial charge in [-0.25, -0.2) is 0 Å². The van der Waals surface area contributed by atoms with Crippen LogP contribution in [0.3, 0.4) is 0 Å². The third-order valence-electron chi connectivity index (χ3n) is 12.4. The molecule has 3 aliphatic heterocycles. The van der Waals surface area contributed by atoms with E-state index in [1.807, 2.05) is 12.4 Å². The fourth-order valence-corrected chi connectivity index (χ4v) is 10.6. The third-order valence-corrected chi connectivity index (χ3v) is 12.4. The predicted octanol–water partition coefficient (Wildman–Crippen LogP) is 4.24. The van der Waals surface area contributed by atoms with Crippen molar-refractivity contribution in [3.8, 4) is 0 Å². The first-order valence-corrected chi connectivity index (χ1v) is 14.5. The third kappa shape index (κ3) is 2.41. The molecular weight excluding hydrogens is 458 g/mol. The van der Waals surface area contributed by atoms with E-state index in [9.17, 15) is 5.11 Å². The van der Waals surface area contributed by atoms with Gasteiger partial charge in [-0.1, -0.05) is 31.2 Å². The smallest absolute Gasteiger partial charge is 0.118 e. The van der Waals surface area contributed by atoms with Gasteiger partial charge in [-0.2, -0.15) is 0 Å². The summed E-state index contributed by atoms with van der Waals surface area (Å²) in [6.45, 7) is 4.37. The zero-order valence-electron chi connectivity index (χ0n) is 21.7. The fraction of sp³-hybridized carbons (Fsp3) is 0.594. The van der Waals surface area contributed by atoms with Crippen LogP contribution in [0.2, 0.25) is 0 Å². The lowest BCUT2D eigenvalue weighted by molar-refractivity contribution is -0.192. The van der Waals surface area contributed by atoms with Crippen molar-refractivity contribution in [3.05, 3.63) is 65.5 Å². The predicted molar refractivity (Wildman–Crippen MR) is 143 cm³/mol. The summed E-state index contributed by atoms with van der Waals surface area (Å²) >= 11 is 0. The Balaban J connectivity index is 1.12. The summed E-state index contributed by atoms with van der Waals surface area (Å²) < 4.78 is 7.41. The number of allylic oxidation sites excluding steroid dienone is 1. The van der Waals surface area contributed by atoms with E-state index in [1.54, 1.807) is 0 Å². The highest BCUT2D eigenvalue weighted by molar-refractivity contribution is 5.82. The molecule has 4 heterocycles. The summed E-state index contributed by atoms with van der Waals surface area (Å²) in [5, 5.41) is 14.4. The quantitative estimate of drug-likeness (QED) is 0.652. The van der Waals surface area contributed by atoms with E-state index in [-0.39, 0.29) is 28.5 Å². The molecule has 1 unspecified atom stereocenters. The first kappa shape index (κ1) is 21.8. The molecule has 9 rings (SSSR count). The molecule has 1 aromatic carbocycles. The molecule has 8 atom stereocenters. The molecule has 3 saturated carbocycles. The van der Waals surface area contributed by atoms with Gasteiger partial charge in [0.1, 0.15) is 11.7 Å². The average molecular weight is 496 g/mol. The van der Waals surface area contributed by atoms with Crippen LogP contribution in [0.1, 0.15) is 57.4 Å². The molecule has 192 valence electrons. The zero-order chi connectivity index (χ0) is 24.8. The Hall–Kier alpha value is -2.05. The molecule has 2 bridgehead atoms. The molecule has 5 heteroatoms. The van der Waals surface area contributed by atoms with E-state index in [0.717, 1.165) is 51.1 Å². The van der Waals surface area contributed by atoms with Crippen LogP contribution in [0.5, 0.6) is 0 Å². The van der Waals surface area contributed by atoms with E-state index < -0.39 is 11.7 Å². The van der Waals surface area contributed by atoms with Crippen LogP contribution < -0.4 is 5.73 Å². The highest BCUT2D eigenvalue weighted by Gasteiger charge is 2.78. The second-order valence-electron chi connectivity index (χ2n) is 13.7. The van der Waals surface area contributed by atoms with Crippen molar-refractivity contribution in [2.24, 2.45) is 23.0 Å². The number of ether oxygens (including phenoxy) is 1. The largest absolute Gasteiger partial charge is 0.388 e. The summed E-state index contributed by atoms with van der Waals surface area (Å²) in [4.78, 5) is 6.81. The first-order valence-electron chi connectivity index (χ1n) is 14.5. The number of aliphatic hydroxyl groups excluding tert-OH is 1. The number of nitrogens with zero attached hydrogens (tertiary/aromatic N) is 2.